The Morgan fingerprint density at radius 2 is 1.71 bits per heavy atom. The molecule has 0 unspecified atom stereocenters. The van der Waals surface area contributed by atoms with E-state index in [0.29, 0.717) is 11.3 Å². The molecule has 0 fully saturated rings. The minimum absolute atomic E-state index is 0.105. The maximum atomic E-state index is 13.4. The van der Waals surface area contributed by atoms with Crippen LogP contribution in [0.1, 0.15) is 29.8 Å². The van der Waals surface area contributed by atoms with Gasteiger partial charge in [0.25, 0.3) is 10.0 Å². The zero-order valence-corrected chi connectivity index (χ0v) is 18.5. The van der Waals surface area contributed by atoms with Gasteiger partial charge < -0.3 is 14.8 Å². The first kappa shape index (κ1) is 23.9. The van der Waals surface area contributed by atoms with E-state index in [1.54, 1.807) is 19.9 Å². The number of rotatable bonds is 8. The zero-order chi connectivity index (χ0) is 23.2. The maximum absolute atomic E-state index is 13.4. The average Bonchev–Trinajstić information content (AvgIpc) is 2.72. The smallest absolute Gasteiger partial charge is 0.338 e. The van der Waals surface area contributed by atoms with Crippen LogP contribution < -0.4 is 9.62 Å². The zero-order valence-electron chi connectivity index (χ0n) is 17.7. The van der Waals surface area contributed by atoms with Crippen LogP contribution in [0, 0.1) is 6.92 Å². The van der Waals surface area contributed by atoms with Crippen LogP contribution in [0.15, 0.2) is 47.4 Å². The summed E-state index contributed by atoms with van der Waals surface area (Å²) >= 11 is 0. The first-order valence-electron chi connectivity index (χ1n) is 9.35. The Kier molecular flexibility index (Phi) is 7.76. The molecule has 0 saturated carbocycles. The molecule has 2 rings (SSSR count). The molecule has 0 saturated heterocycles. The molecule has 2 aromatic carbocycles. The minimum atomic E-state index is -4.21. The number of ether oxygens (including phenoxy) is 2. The van der Waals surface area contributed by atoms with Gasteiger partial charge >= 0.3 is 11.9 Å². The highest BCUT2D eigenvalue weighted by Crippen LogP contribution is 2.29. The van der Waals surface area contributed by atoms with Gasteiger partial charge in [-0.05, 0) is 55.8 Å². The lowest BCUT2D eigenvalue weighted by Crippen LogP contribution is -2.37. The molecule has 0 aliphatic carbocycles. The molecule has 31 heavy (non-hydrogen) atoms. The van der Waals surface area contributed by atoms with Crippen LogP contribution in [-0.2, 0) is 29.1 Å². The Hall–Kier alpha value is -3.40. The van der Waals surface area contributed by atoms with Crippen molar-refractivity contribution >= 4 is 39.2 Å². The van der Waals surface area contributed by atoms with Crippen LogP contribution in [0.25, 0.3) is 0 Å². The Morgan fingerprint density at radius 1 is 1.06 bits per heavy atom. The third-order valence-electron chi connectivity index (χ3n) is 4.25. The average molecular weight is 448 g/mol. The van der Waals surface area contributed by atoms with E-state index in [-0.39, 0.29) is 28.7 Å². The van der Waals surface area contributed by atoms with Gasteiger partial charge in [-0.2, -0.15) is 0 Å². The van der Waals surface area contributed by atoms with Crippen molar-refractivity contribution in [2.24, 2.45) is 0 Å². The summed E-state index contributed by atoms with van der Waals surface area (Å²) in [5, 5.41) is 2.55. The maximum Gasteiger partial charge on any atom is 0.338 e. The number of esters is 2. The van der Waals surface area contributed by atoms with Gasteiger partial charge in [0.15, 0.2) is 0 Å². The van der Waals surface area contributed by atoms with Gasteiger partial charge in [-0.15, -0.1) is 0 Å². The van der Waals surface area contributed by atoms with E-state index in [9.17, 15) is 22.8 Å². The van der Waals surface area contributed by atoms with Crippen LogP contribution in [0.4, 0.5) is 11.4 Å². The summed E-state index contributed by atoms with van der Waals surface area (Å²) < 4.78 is 37.3. The molecular weight excluding hydrogens is 424 g/mol. The highest BCUT2D eigenvalue weighted by atomic mass is 32.2. The summed E-state index contributed by atoms with van der Waals surface area (Å²) in [6.07, 6.45) is 0. The lowest BCUT2D eigenvalue weighted by molar-refractivity contribution is -0.138. The van der Waals surface area contributed by atoms with Crippen LogP contribution in [0.3, 0.4) is 0 Å². The topological polar surface area (TPSA) is 119 Å². The number of nitrogens with one attached hydrogen (secondary N) is 1. The lowest BCUT2D eigenvalue weighted by Gasteiger charge is -2.25. The number of carbonyl (C=O) groups is 3. The monoisotopic (exact) mass is 448 g/mol. The van der Waals surface area contributed by atoms with Crippen molar-refractivity contribution in [1.29, 1.82) is 0 Å². The van der Waals surface area contributed by atoms with E-state index in [1.165, 1.54) is 43.3 Å². The molecule has 10 heteroatoms. The molecule has 0 aromatic heterocycles. The molecule has 1 amide bonds. The van der Waals surface area contributed by atoms with Crippen molar-refractivity contribution < 1.29 is 32.3 Å². The quantitative estimate of drug-likeness (QED) is 0.616. The fourth-order valence-electron chi connectivity index (χ4n) is 2.74. The number of aryl methyl sites for hydroxylation is 1. The van der Waals surface area contributed by atoms with E-state index >= 15 is 0 Å². The number of carbonyl (C=O) groups excluding carboxylic acids is 3. The van der Waals surface area contributed by atoms with E-state index in [0.717, 1.165) is 11.4 Å². The second-order valence-corrected chi connectivity index (χ2v) is 8.38. The molecule has 0 aliphatic rings. The third-order valence-corrected chi connectivity index (χ3v) is 6.03. The Balaban J connectivity index is 2.56. The van der Waals surface area contributed by atoms with Crippen LogP contribution in [0.2, 0.25) is 0 Å². The molecule has 2 aromatic rings. The number of methoxy groups -OCH3 is 1. The molecule has 9 nitrogen and oxygen atoms in total. The second-order valence-electron chi connectivity index (χ2n) is 6.52. The largest absolute Gasteiger partial charge is 0.468 e. The first-order chi connectivity index (χ1) is 14.6. The summed E-state index contributed by atoms with van der Waals surface area (Å²) in [7, 11) is -3.06. The van der Waals surface area contributed by atoms with Crippen molar-refractivity contribution in [3.8, 4) is 0 Å². The van der Waals surface area contributed by atoms with Crippen molar-refractivity contribution in [1.82, 2.24) is 0 Å². The van der Waals surface area contributed by atoms with E-state index in [2.05, 4.69) is 10.1 Å². The number of benzene rings is 2. The van der Waals surface area contributed by atoms with E-state index < -0.39 is 28.5 Å². The molecule has 1 N–H and O–H groups in total. The predicted octanol–water partition coefficient (Wildman–Crippen LogP) is 2.50. The van der Waals surface area contributed by atoms with Crippen molar-refractivity contribution in [3.63, 3.8) is 0 Å². The van der Waals surface area contributed by atoms with Crippen molar-refractivity contribution in [2.45, 2.75) is 25.7 Å². The highest BCUT2D eigenvalue weighted by molar-refractivity contribution is 7.92. The summed E-state index contributed by atoms with van der Waals surface area (Å²) in [5.74, 6) is -1.69. The fourth-order valence-corrected chi connectivity index (χ4v) is 4.21. The molecule has 0 radical (unpaired) electrons. The van der Waals surface area contributed by atoms with Crippen LogP contribution >= 0.6 is 0 Å². The van der Waals surface area contributed by atoms with Crippen molar-refractivity contribution in [3.05, 3.63) is 53.6 Å². The lowest BCUT2D eigenvalue weighted by atomic mass is 10.1. The number of amides is 1. The first-order valence-corrected chi connectivity index (χ1v) is 10.8. The highest BCUT2D eigenvalue weighted by Gasteiger charge is 2.29. The summed E-state index contributed by atoms with van der Waals surface area (Å²) in [4.78, 5) is 35.2. The summed E-state index contributed by atoms with van der Waals surface area (Å²) in [6, 6.07) is 9.95. The predicted molar refractivity (Wildman–Crippen MR) is 114 cm³/mol. The second kappa shape index (κ2) is 10.1. The number of hydrogen-bond donors (Lipinski definition) is 1. The minimum Gasteiger partial charge on any atom is -0.468 e. The van der Waals surface area contributed by atoms with Gasteiger partial charge in [0.2, 0.25) is 5.91 Å². The number of sulfonamides is 1. The Morgan fingerprint density at radius 3 is 2.26 bits per heavy atom. The number of anilines is 2. The summed E-state index contributed by atoms with van der Waals surface area (Å²) in [5.41, 5.74) is 1.23. The molecule has 166 valence electrons. The SMILES string of the molecule is CCOC(=O)c1ccc(C)c(N(CC(=O)OC)S(=O)(=O)c2ccc(NC(C)=O)cc2)c1. The third kappa shape index (κ3) is 5.82. The van der Waals surface area contributed by atoms with Gasteiger partial charge in [-0.3, -0.25) is 13.9 Å². The van der Waals surface area contributed by atoms with Crippen LogP contribution in [-0.4, -0.2) is 46.5 Å². The van der Waals surface area contributed by atoms with E-state index in [4.69, 9.17) is 4.74 Å². The Labute approximate surface area is 181 Å². The van der Waals surface area contributed by atoms with Gasteiger partial charge in [-0.25, -0.2) is 13.2 Å². The number of hydrogen-bond acceptors (Lipinski definition) is 7. The van der Waals surface area contributed by atoms with Crippen molar-refractivity contribution in [2.75, 3.05) is 29.9 Å². The molecule has 0 bridgehead atoms. The summed E-state index contributed by atoms with van der Waals surface area (Å²) in [6.45, 7) is 4.21. The Bertz CT molecular complexity index is 1080. The molecule has 0 aliphatic heterocycles. The molecular formula is C21H24N2O7S. The molecule has 0 heterocycles. The normalized spacial score (nSPS) is 10.8. The molecule has 0 spiro atoms. The van der Waals surface area contributed by atoms with Gasteiger partial charge in [0, 0.05) is 12.6 Å². The van der Waals surface area contributed by atoms with Crippen LogP contribution in [0.5, 0.6) is 0 Å². The standard InChI is InChI=1S/C21H24N2O7S/c1-5-30-21(26)16-7-6-14(2)19(12-16)23(13-20(25)29-4)31(27,28)18-10-8-17(9-11-18)22-15(3)24/h6-12H,5,13H2,1-4H3,(H,22,24). The number of nitrogens with zero attached hydrogens (tertiary/aromatic N) is 1. The fraction of sp³-hybridized carbons (Fsp3) is 0.286. The van der Waals surface area contributed by atoms with Gasteiger partial charge in [0.05, 0.1) is 29.9 Å². The van der Waals surface area contributed by atoms with E-state index in [1.807, 2.05) is 0 Å². The van der Waals surface area contributed by atoms with Gasteiger partial charge in [-0.1, -0.05) is 6.07 Å². The van der Waals surface area contributed by atoms with Gasteiger partial charge in [0.1, 0.15) is 6.54 Å². The molecule has 0 atom stereocenters.